The zero-order valence-corrected chi connectivity index (χ0v) is 13.9. The molecule has 0 aliphatic heterocycles. The van der Waals surface area contributed by atoms with Gasteiger partial charge in [-0.25, -0.2) is 8.42 Å². The van der Waals surface area contributed by atoms with Crippen molar-refractivity contribution in [1.82, 2.24) is 4.72 Å². The lowest BCUT2D eigenvalue weighted by Gasteiger charge is -2.24. The van der Waals surface area contributed by atoms with Gasteiger partial charge in [0.15, 0.2) is 0 Å². The first-order chi connectivity index (χ1) is 9.31. The molecule has 1 aromatic carbocycles. The summed E-state index contributed by atoms with van der Waals surface area (Å²) in [7, 11) is -3.77. The van der Waals surface area contributed by atoms with Crippen molar-refractivity contribution < 1.29 is 8.42 Å². The van der Waals surface area contributed by atoms with E-state index in [1.165, 1.54) is 23.5 Å². The number of alkyl halides is 3. The molecule has 3 nitrogen and oxygen atoms in total. The van der Waals surface area contributed by atoms with E-state index >= 15 is 0 Å². The molecule has 20 heavy (non-hydrogen) atoms. The van der Waals surface area contributed by atoms with Gasteiger partial charge in [0, 0.05) is 4.88 Å². The molecule has 0 fully saturated rings. The molecule has 108 valence electrons. The SMILES string of the molecule is O=S(=O)(N[C@@H](c1cccs1)C(Cl)(Cl)Cl)c1ccccc1. The minimum Gasteiger partial charge on any atom is -0.207 e. The first-order valence-corrected chi connectivity index (χ1v) is 8.98. The van der Waals surface area contributed by atoms with E-state index in [4.69, 9.17) is 34.8 Å². The molecule has 2 aromatic rings. The zero-order chi connectivity index (χ0) is 14.8. The minimum atomic E-state index is -3.77. The van der Waals surface area contributed by atoms with E-state index in [9.17, 15) is 8.42 Å². The number of sulfonamides is 1. The van der Waals surface area contributed by atoms with E-state index in [0.29, 0.717) is 4.88 Å². The van der Waals surface area contributed by atoms with Crippen molar-refractivity contribution in [2.24, 2.45) is 0 Å². The van der Waals surface area contributed by atoms with Gasteiger partial charge in [0.1, 0.15) is 6.04 Å². The van der Waals surface area contributed by atoms with E-state index in [-0.39, 0.29) is 4.90 Å². The highest BCUT2D eigenvalue weighted by molar-refractivity contribution is 7.89. The third kappa shape index (κ3) is 3.87. The molecule has 0 aliphatic carbocycles. The van der Waals surface area contributed by atoms with Gasteiger partial charge in [-0.15, -0.1) is 11.3 Å². The zero-order valence-electron chi connectivity index (χ0n) is 9.96. The first-order valence-electron chi connectivity index (χ1n) is 5.48. The van der Waals surface area contributed by atoms with Crippen LogP contribution in [0, 0.1) is 0 Å². The van der Waals surface area contributed by atoms with Crippen molar-refractivity contribution in [2.75, 3.05) is 0 Å². The minimum absolute atomic E-state index is 0.121. The fourth-order valence-electron chi connectivity index (χ4n) is 1.56. The monoisotopic (exact) mass is 369 g/mol. The second-order valence-corrected chi connectivity index (χ2v) is 8.99. The van der Waals surface area contributed by atoms with Crippen molar-refractivity contribution in [2.45, 2.75) is 14.7 Å². The van der Waals surface area contributed by atoms with Crippen LogP contribution in [-0.2, 0) is 10.0 Å². The van der Waals surface area contributed by atoms with Crippen LogP contribution >= 0.6 is 46.1 Å². The van der Waals surface area contributed by atoms with Crippen LogP contribution in [-0.4, -0.2) is 12.2 Å². The highest BCUT2D eigenvalue weighted by Gasteiger charge is 2.38. The van der Waals surface area contributed by atoms with Gasteiger partial charge in [-0.05, 0) is 23.6 Å². The largest absolute Gasteiger partial charge is 0.241 e. The van der Waals surface area contributed by atoms with Crippen molar-refractivity contribution in [3.05, 3.63) is 52.7 Å². The van der Waals surface area contributed by atoms with Gasteiger partial charge >= 0.3 is 0 Å². The fraction of sp³-hybridized carbons (Fsp3) is 0.167. The molecular weight excluding hydrogens is 361 g/mol. The summed E-state index contributed by atoms with van der Waals surface area (Å²) in [5.41, 5.74) is 0. The van der Waals surface area contributed by atoms with Crippen molar-refractivity contribution in [1.29, 1.82) is 0 Å². The molecule has 0 spiro atoms. The van der Waals surface area contributed by atoms with Crippen molar-refractivity contribution in [3.8, 4) is 0 Å². The number of halogens is 3. The molecule has 0 radical (unpaired) electrons. The summed E-state index contributed by atoms with van der Waals surface area (Å²) in [6.45, 7) is 0. The molecule has 1 N–H and O–H groups in total. The smallest absolute Gasteiger partial charge is 0.207 e. The first kappa shape index (κ1) is 16.1. The maximum absolute atomic E-state index is 12.3. The maximum Gasteiger partial charge on any atom is 0.241 e. The van der Waals surface area contributed by atoms with Gasteiger partial charge in [0.2, 0.25) is 13.8 Å². The molecule has 2 rings (SSSR count). The second-order valence-electron chi connectivity index (χ2n) is 3.92. The number of nitrogens with one attached hydrogen (secondary N) is 1. The lowest BCUT2D eigenvalue weighted by atomic mass is 10.3. The average molecular weight is 371 g/mol. The van der Waals surface area contributed by atoms with Crippen LogP contribution in [0.25, 0.3) is 0 Å². The Labute approximate surface area is 136 Å². The highest BCUT2D eigenvalue weighted by Crippen LogP contribution is 2.42. The Hall–Kier alpha value is -0.300. The Balaban J connectivity index is 2.34. The second kappa shape index (κ2) is 6.22. The molecule has 0 saturated carbocycles. The number of rotatable bonds is 4. The Kier molecular flexibility index (Phi) is 5.00. The molecule has 0 unspecified atom stereocenters. The van der Waals surface area contributed by atoms with Crippen LogP contribution in [0.5, 0.6) is 0 Å². The molecule has 1 heterocycles. The summed E-state index contributed by atoms with van der Waals surface area (Å²) in [5, 5.41) is 1.79. The van der Waals surface area contributed by atoms with Crippen LogP contribution < -0.4 is 4.72 Å². The molecule has 1 atom stereocenters. The summed E-state index contributed by atoms with van der Waals surface area (Å²) >= 11 is 19.0. The Morgan fingerprint density at radius 2 is 1.70 bits per heavy atom. The Morgan fingerprint density at radius 1 is 1.05 bits per heavy atom. The number of hydrogen-bond donors (Lipinski definition) is 1. The van der Waals surface area contributed by atoms with Crippen molar-refractivity contribution in [3.63, 3.8) is 0 Å². The Morgan fingerprint density at radius 3 is 2.20 bits per heavy atom. The lowest BCUT2D eigenvalue weighted by molar-refractivity contribution is 0.560. The third-order valence-corrected chi connectivity index (χ3v) is 5.51. The standard InChI is InChI=1S/C12H10Cl3NO2S2/c13-12(14,15)11(10-7-4-8-19-10)16-20(17,18)9-5-2-1-3-6-9/h1-8,11,16H/t11-/m0/s1. The topological polar surface area (TPSA) is 46.2 Å². The fourth-order valence-corrected chi connectivity index (χ4v) is 4.65. The van der Waals surface area contributed by atoms with Crippen molar-refractivity contribution >= 4 is 56.2 Å². The summed E-state index contributed by atoms with van der Waals surface area (Å²) in [5.74, 6) is 0. The van der Waals surface area contributed by atoms with Gasteiger partial charge in [0.25, 0.3) is 0 Å². The van der Waals surface area contributed by atoms with E-state index < -0.39 is 19.9 Å². The van der Waals surface area contributed by atoms with Crippen LogP contribution in [0.1, 0.15) is 10.9 Å². The summed E-state index contributed by atoms with van der Waals surface area (Å²) in [4.78, 5) is 0.750. The van der Waals surface area contributed by atoms with Gasteiger partial charge in [-0.1, -0.05) is 59.1 Å². The molecular formula is C12H10Cl3NO2S2. The van der Waals surface area contributed by atoms with E-state index in [2.05, 4.69) is 4.72 Å². The van der Waals surface area contributed by atoms with Crippen LogP contribution in [0.4, 0.5) is 0 Å². The van der Waals surface area contributed by atoms with E-state index in [0.717, 1.165) is 0 Å². The summed E-state index contributed by atoms with van der Waals surface area (Å²) in [6, 6.07) is 10.5. The Bertz CT molecular complexity index is 652. The normalized spacial score (nSPS) is 14.2. The van der Waals surface area contributed by atoms with Gasteiger partial charge in [-0.2, -0.15) is 4.72 Å². The van der Waals surface area contributed by atoms with Gasteiger partial charge < -0.3 is 0 Å². The maximum atomic E-state index is 12.3. The highest BCUT2D eigenvalue weighted by atomic mass is 35.6. The van der Waals surface area contributed by atoms with Crippen LogP contribution in [0.3, 0.4) is 0 Å². The molecule has 0 saturated heterocycles. The molecule has 8 heteroatoms. The molecule has 0 bridgehead atoms. The summed E-state index contributed by atoms with van der Waals surface area (Å²) in [6.07, 6.45) is 0. The van der Waals surface area contributed by atoms with Crippen LogP contribution in [0.15, 0.2) is 52.7 Å². The van der Waals surface area contributed by atoms with Gasteiger partial charge in [0.05, 0.1) is 4.90 Å². The predicted octanol–water partition coefficient (Wildman–Crippen LogP) is 4.14. The molecule has 0 amide bonds. The number of thiophene rings is 1. The predicted molar refractivity (Wildman–Crippen MR) is 84.1 cm³/mol. The quantitative estimate of drug-likeness (QED) is 0.822. The lowest BCUT2D eigenvalue weighted by Crippen LogP contribution is -2.35. The average Bonchev–Trinajstić information content (AvgIpc) is 2.89. The number of benzene rings is 1. The summed E-state index contributed by atoms with van der Waals surface area (Å²) < 4.78 is 25.3. The third-order valence-electron chi connectivity index (χ3n) is 2.48. The van der Waals surface area contributed by atoms with Crippen LogP contribution in [0.2, 0.25) is 0 Å². The molecule has 1 aromatic heterocycles. The number of hydrogen-bond acceptors (Lipinski definition) is 3. The van der Waals surface area contributed by atoms with E-state index in [1.807, 2.05) is 0 Å². The molecule has 0 aliphatic rings. The van der Waals surface area contributed by atoms with E-state index in [1.54, 1.807) is 35.7 Å². The van der Waals surface area contributed by atoms with Gasteiger partial charge in [-0.3, -0.25) is 0 Å².